The summed E-state index contributed by atoms with van der Waals surface area (Å²) in [7, 11) is 1.45. The van der Waals surface area contributed by atoms with Crippen molar-refractivity contribution < 1.29 is 9.13 Å². The van der Waals surface area contributed by atoms with E-state index in [-0.39, 0.29) is 11.6 Å². The van der Waals surface area contributed by atoms with E-state index in [2.05, 4.69) is 22.3 Å². The van der Waals surface area contributed by atoms with Crippen molar-refractivity contribution in [1.29, 1.82) is 0 Å². The molecule has 0 saturated heterocycles. The van der Waals surface area contributed by atoms with Gasteiger partial charge in [0.05, 0.1) is 20.2 Å². The van der Waals surface area contributed by atoms with E-state index in [1.807, 2.05) is 6.07 Å². The summed E-state index contributed by atoms with van der Waals surface area (Å²) in [6, 6.07) is 4.89. The molecule has 0 spiro atoms. The molecule has 0 bridgehead atoms. The van der Waals surface area contributed by atoms with Gasteiger partial charge >= 0.3 is 0 Å². The molecule has 0 aliphatic rings. The maximum absolute atomic E-state index is 13.6. The molecule has 0 unspecified atom stereocenters. The predicted molar refractivity (Wildman–Crippen MR) is 74.1 cm³/mol. The number of hydrogen-bond acceptors (Lipinski definition) is 4. The first kappa shape index (κ1) is 14.5. The number of nitrogens with one attached hydrogen (secondary N) is 1. The number of ether oxygens (including phenoxy) is 1. The summed E-state index contributed by atoms with van der Waals surface area (Å²) in [5.74, 6) is 0.624. The van der Waals surface area contributed by atoms with Gasteiger partial charge in [-0.3, -0.25) is 0 Å². The van der Waals surface area contributed by atoms with Crippen LogP contribution in [0.1, 0.15) is 24.7 Å². The number of benzene rings is 1. The SMILES string of the molecule is CCCNCc1ncn(Cc2ccc(OC)c(F)c2)n1. The molecule has 108 valence electrons. The van der Waals surface area contributed by atoms with Crippen molar-refractivity contribution >= 4 is 0 Å². The highest BCUT2D eigenvalue weighted by molar-refractivity contribution is 5.29. The lowest BCUT2D eigenvalue weighted by molar-refractivity contribution is 0.386. The molecule has 0 saturated carbocycles. The Balaban J connectivity index is 1.97. The van der Waals surface area contributed by atoms with Crippen molar-refractivity contribution in [3.05, 3.63) is 41.7 Å². The third-order valence-electron chi connectivity index (χ3n) is 2.85. The van der Waals surface area contributed by atoms with Gasteiger partial charge in [-0.1, -0.05) is 13.0 Å². The van der Waals surface area contributed by atoms with Crippen LogP contribution in [0.25, 0.3) is 0 Å². The smallest absolute Gasteiger partial charge is 0.165 e. The molecule has 0 aliphatic carbocycles. The third-order valence-corrected chi connectivity index (χ3v) is 2.85. The molecule has 1 aromatic heterocycles. The molecule has 2 rings (SSSR count). The van der Waals surface area contributed by atoms with Crippen molar-refractivity contribution in [2.24, 2.45) is 0 Å². The second-order valence-corrected chi connectivity index (χ2v) is 4.50. The van der Waals surface area contributed by atoms with Crippen molar-refractivity contribution in [1.82, 2.24) is 20.1 Å². The Labute approximate surface area is 117 Å². The molecule has 0 atom stereocenters. The molecule has 5 nitrogen and oxygen atoms in total. The summed E-state index contributed by atoms with van der Waals surface area (Å²) >= 11 is 0. The van der Waals surface area contributed by atoms with Gasteiger partial charge in [0.15, 0.2) is 17.4 Å². The summed E-state index contributed by atoms with van der Waals surface area (Å²) in [6.07, 6.45) is 2.73. The second kappa shape index (κ2) is 7.00. The number of rotatable bonds is 7. The summed E-state index contributed by atoms with van der Waals surface area (Å²) in [5, 5.41) is 7.58. The lowest BCUT2D eigenvalue weighted by atomic mass is 10.2. The van der Waals surface area contributed by atoms with Crippen LogP contribution in [0.5, 0.6) is 5.75 Å². The normalized spacial score (nSPS) is 10.8. The van der Waals surface area contributed by atoms with Gasteiger partial charge in [-0.2, -0.15) is 5.10 Å². The zero-order valence-electron chi connectivity index (χ0n) is 11.8. The highest BCUT2D eigenvalue weighted by Gasteiger charge is 2.05. The first-order valence-electron chi connectivity index (χ1n) is 6.64. The average Bonchev–Trinajstić information content (AvgIpc) is 2.87. The van der Waals surface area contributed by atoms with E-state index in [9.17, 15) is 4.39 Å². The van der Waals surface area contributed by atoms with Gasteiger partial charge in [0.1, 0.15) is 6.33 Å². The molecule has 2 aromatic rings. The minimum absolute atomic E-state index is 0.247. The maximum Gasteiger partial charge on any atom is 0.165 e. The van der Waals surface area contributed by atoms with Gasteiger partial charge in [-0.25, -0.2) is 14.1 Å². The first-order valence-corrected chi connectivity index (χ1v) is 6.64. The average molecular weight is 278 g/mol. The van der Waals surface area contributed by atoms with Gasteiger partial charge < -0.3 is 10.1 Å². The molecule has 0 fully saturated rings. The highest BCUT2D eigenvalue weighted by Crippen LogP contribution is 2.18. The summed E-state index contributed by atoms with van der Waals surface area (Å²) in [6.45, 7) is 4.19. The van der Waals surface area contributed by atoms with Gasteiger partial charge in [-0.05, 0) is 30.7 Å². The van der Waals surface area contributed by atoms with E-state index >= 15 is 0 Å². The Hall–Kier alpha value is -1.95. The number of halogens is 1. The van der Waals surface area contributed by atoms with Crippen molar-refractivity contribution in [2.45, 2.75) is 26.4 Å². The summed E-state index contributed by atoms with van der Waals surface area (Å²) in [4.78, 5) is 4.21. The quantitative estimate of drug-likeness (QED) is 0.787. The zero-order valence-corrected chi connectivity index (χ0v) is 11.8. The Morgan fingerprint density at radius 1 is 1.40 bits per heavy atom. The Morgan fingerprint density at radius 3 is 2.95 bits per heavy atom. The van der Waals surface area contributed by atoms with Crippen LogP contribution in [0.4, 0.5) is 4.39 Å². The molecule has 0 aliphatic heterocycles. The second-order valence-electron chi connectivity index (χ2n) is 4.50. The van der Waals surface area contributed by atoms with Crippen LogP contribution >= 0.6 is 0 Å². The number of nitrogens with zero attached hydrogens (tertiary/aromatic N) is 3. The fraction of sp³-hybridized carbons (Fsp3) is 0.429. The van der Waals surface area contributed by atoms with Crippen LogP contribution in [-0.2, 0) is 13.1 Å². The van der Waals surface area contributed by atoms with E-state index in [0.717, 1.165) is 24.4 Å². The Morgan fingerprint density at radius 2 is 2.25 bits per heavy atom. The lowest BCUT2D eigenvalue weighted by Gasteiger charge is -2.05. The largest absolute Gasteiger partial charge is 0.494 e. The van der Waals surface area contributed by atoms with E-state index in [1.54, 1.807) is 17.1 Å². The van der Waals surface area contributed by atoms with Crippen molar-refractivity contribution in [2.75, 3.05) is 13.7 Å². The molecule has 0 radical (unpaired) electrons. The number of aromatic nitrogens is 3. The van der Waals surface area contributed by atoms with Crippen molar-refractivity contribution in [3.8, 4) is 5.75 Å². The minimum atomic E-state index is -0.366. The van der Waals surface area contributed by atoms with E-state index < -0.39 is 0 Å². The fourth-order valence-corrected chi connectivity index (χ4v) is 1.86. The van der Waals surface area contributed by atoms with Crippen LogP contribution in [0.15, 0.2) is 24.5 Å². The van der Waals surface area contributed by atoms with Gasteiger partial charge in [0.25, 0.3) is 0 Å². The molecular formula is C14H19FN4O. The molecule has 1 heterocycles. The monoisotopic (exact) mass is 278 g/mol. The van der Waals surface area contributed by atoms with Gasteiger partial charge in [0, 0.05) is 0 Å². The van der Waals surface area contributed by atoms with E-state index in [1.165, 1.54) is 13.2 Å². The number of hydrogen-bond donors (Lipinski definition) is 1. The highest BCUT2D eigenvalue weighted by atomic mass is 19.1. The van der Waals surface area contributed by atoms with Crippen LogP contribution in [0.3, 0.4) is 0 Å². The fourth-order valence-electron chi connectivity index (χ4n) is 1.86. The summed E-state index contributed by atoms with van der Waals surface area (Å²) in [5.41, 5.74) is 0.821. The Bertz CT molecular complexity index is 556. The molecular weight excluding hydrogens is 259 g/mol. The molecule has 1 aromatic carbocycles. The van der Waals surface area contributed by atoms with Gasteiger partial charge in [0.2, 0.25) is 0 Å². The standard InChI is InChI=1S/C14H19FN4O/c1-3-6-16-8-14-17-10-19(18-14)9-11-4-5-13(20-2)12(15)7-11/h4-5,7,10,16H,3,6,8-9H2,1-2H3. The summed E-state index contributed by atoms with van der Waals surface area (Å²) < 4.78 is 20.2. The molecule has 0 amide bonds. The van der Waals surface area contributed by atoms with Gasteiger partial charge in [-0.15, -0.1) is 0 Å². The van der Waals surface area contributed by atoms with E-state index in [0.29, 0.717) is 13.1 Å². The third kappa shape index (κ3) is 3.77. The van der Waals surface area contributed by atoms with Crippen LogP contribution in [-0.4, -0.2) is 28.4 Å². The maximum atomic E-state index is 13.6. The van der Waals surface area contributed by atoms with E-state index in [4.69, 9.17) is 4.74 Å². The van der Waals surface area contributed by atoms with Crippen LogP contribution < -0.4 is 10.1 Å². The molecule has 20 heavy (non-hydrogen) atoms. The minimum Gasteiger partial charge on any atom is -0.494 e. The topological polar surface area (TPSA) is 52.0 Å². The predicted octanol–water partition coefficient (Wildman–Crippen LogP) is 1.97. The number of methoxy groups -OCH3 is 1. The molecule has 1 N–H and O–H groups in total. The van der Waals surface area contributed by atoms with Crippen molar-refractivity contribution in [3.63, 3.8) is 0 Å². The lowest BCUT2D eigenvalue weighted by Crippen LogP contribution is -2.15. The zero-order chi connectivity index (χ0) is 14.4. The van der Waals surface area contributed by atoms with Crippen LogP contribution in [0.2, 0.25) is 0 Å². The molecule has 6 heteroatoms. The van der Waals surface area contributed by atoms with Crippen LogP contribution in [0, 0.1) is 5.82 Å². The first-order chi connectivity index (χ1) is 9.72. The Kier molecular flexibility index (Phi) is 5.06.